The van der Waals surface area contributed by atoms with Crippen molar-refractivity contribution in [3.63, 3.8) is 0 Å². The molecule has 0 radical (unpaired) electrons. The van der Waals surface area contributed by atoms with Crippen molar-refractivity contribution < 1.29 is 23.8 Å². The molecule has 0 unspecified atom stereocenters. The van der Waals surface area contributed by atoms with Crippen LogP contribution >= 0.6 is 0 Å². The Morgan fingerprint density at radius 2 is 1.90 bits per heavy atom. The fraction of sp³-hybridized carbons (Fsp3) is 0.286. The lowest BCUT2D eigenvalue weighted by molar-refractivity contribution is 0.0661. The Balaban J connectivity index is 2.65. The van der Waals surface area contributed by atoms with Crippen LogP contribution in [0.25, 0.3) is 11.5 Å². The van der Waals surface area contributed by atoms with Crippen molar-refractivity contribution in [3.05, 3.63) is 29.7 Å². The number of carbonyl (C=O) groups is 1. The van der Waals surface area contributed by atoms with E-state index in [1.165, 1.54) is 14.2 Å². The number of benzene rings is 1. The first-order valence-corrected chi connectivity index (χ1v) is 6.06. The van der Waals surface area contributed by atoms with Gasteiger partial charge in [-0.3, -0.25) is 0 Å². The van der Waals surface area contributed by atoms with E-state index in [4.69, 9.17) is 19.0 Å². The van der Waals surface area contributed by atoms with E-state index in [9.17, 15) is 4.79 Å². The van der Waals surface area contributed by atoms with Gasteiger partial charge in [0.1, 0.15) is 17.1 Å². The number of nitrogens with zero attached hydrogens (tertiary/aromatic N) is 1. The second kappa shape index (κ2) is 5.64. The van der Waals surface area contributed by atoms with Crippen LogP contribution in [-0.4, -0.2) is 30.3 Å². The third kappa shape index (κ3) is 2.32. The summed E-state index contributed by atoms with van der Waals surface area (Å²) in [6.07, 6.45) is 0.461. The Hall–Kier alpha value is -2.50. The van der Waals surface area contributed by atoms with Gasteiger partial charge in [0.05, 0.1) is 19.9 Å². The monoisotopic (exact) mass is 277 g/mol. The zero-order valence-electron chi connectivity index (χ0n) is 11.5. The minimum absolute atomic E-state index is 0.157. The van der Waals surface area contributed by atoms with Crippen molar-refractivity contribution in [1.29, 1.82) is 0 Å². The summed E-state index contributed by atoms with van der Waals surface area (Å²) in [5.74, 6) is -0.117. The minimum atomic E-state index is -1.14. The van der Waals surface area contributed by atoms with E-state index >= 15 is 0 Å². The first kappa shape index (κ1) is 13.9. The van der Waals surface area contributed by atoms with Crippen LogP contribution in [0.1, 0.15) is 23.2 Å². The molecular weight excluding hydrogens is 262 g/mol. The van der Waals surface area contributed by atoms with E-state index < -0.39 is 5.97 Å². The Bertz CT molecular complexity index is 610. The molecule has 20 heavy (non-hydrogen) atoms. The number of rotatable bonds is 5. The van der Waals surface area contributed by atoms with Gasteiger partial charge < -0.3 is 19.0 Å². The standard InChI is InChI=1S/C14H15NO5/c1-4-8-12(14(16)17)20-13(15-8)11-9(18-2)6-5-7-10(11)19-3/h5-7H,4H2,1-3H3,(H,16,17). The highest BCUT2D eigenvalue weighted by molar-refractivity contribution is 5.86. The average Bonchev–Trinajstić information content (AvgIpc) is 2.90. The van der Waals surface area contributed by atoms with E-state index in [2.05, 4.69) is 4.98 Å². The Morgan fingerprint density at radius 1 is 1.30 bits per heavy atom. The molecule has 1 aromatic carbocycles. The van der Waals surface area contributed by atoms with E-state index in [0.29, 0.717) is 29.2 Å². The van der Waals surface area contributed by atoms with Gasteiger partial charge in [0, 0.05) is 0 Å². The lowest BCUT2D eigenvalue weighted by atomic mass is 10.1. The van der Waals surface area contributed by atoms with Gasteiger partial charge in [0.15, 0.2) is 0 Å². The summed E-state index contributed by atoms with van der Waals surface area (Å²) in [6.45, 7) is 1.81. The number of ether oxygens (including phenoxy) is 2. The van der Waals surface area contributed by atoms with Crippen LogP contribution in [0, 0.1) is 0 Å². The first-order chi connectivity index (χ1) is 9.62. The van der Waals surface area contributed by atoms with Gasteiger partial charge in [-0.1, -0.05) is 13.0 Å². The first-order valence-electron chi connectivity index (χ1n) is 6.06. The van der Waals surface area contributed by atoms with Crippen molar-refractivity contribution in [2.45, 2.75) is 13.3 Å². The van der Waals surface area contributed by atoms with Gasteiger partial charge >= 0.3 is 5.97 Å². The normalized spacial score (nSPS) is 10.3. The number of aryl methyl sites for hydroxylation is 1. The van der Waals surface area contributed by atoms with Gasteiger partial charge in [-0.25, -0.2) is 9.78 Å². The van der Waals surface area contributed by atoms with Crippen molar-refractivity contribution in [3.8, 4) is 23.0 Å². The van der Waals surface area contributed by atoms with Gasteiger partial charge in [-0.15, -0.1) is 0 Å². The van der Waals surface area contributed by atoms with E-state index in [1.807, 2.05) is 6.92 Å². The highest BCUT2D eigenvalue weighted by Crippen LogP contribution is 2.38. The molecule has 0 amide bonds. The average molecular weight is 277 g/mol. The van der Waals surface area contributed by atoms with Crippen LogP contribution in [0.3, 0.4) is 0 Å². The number of hydrogen-bond donors (Lipinski definition) is 1. The molecule has 0 aliphatic rings. The van der Waals surface area contributed by atoms with Crippen LogP contribution in [0.5, 0.6) is 11.5 Å². The van der Waals surface area contributed by atoms with Crippen LogP contribution in [-0.2, 0) is 6.42 Å². The van der Waals surface area contributed by atoms with E-state index in [0.717, 1.165) is 0 Å². The minimum Gasteiger partial charge on any atom is -0.496 e. The summed E-state index contributed by atoms with van der Waals surface area (Å²) in [5, 5.41) is 9.11. The van der Waals surface area contributed by atoms with Crippen LogP contribution < -0.4 is 9.47 Å². The fourth-order valence-electron chi connectivity index (χ4n) is 1.93. The molecule has 1 heterocycles. The molecule has 106 valence electrons. The molecule has 0 aliphatic heterocycles. The maximum absolute atomic E-state index is 11.1. The second-order valence-electron chi connectivity index (χ2n) is 3.99. The van der Waals surface area contributed by atoms with Crippen LogP contribution in [0.2, 0.25) is 0 Å². The van der Waals surface area contributed by atoms with Crippen LogP contribution in [0.4, 0.5) is 0 Å². The molecule has 1 N–H and O–H groups in total. The van der Waals surface area contributed by atoms with E-state index in [1.54, 1.807) is 18.2 Å². The molecule has 6 heteroatoms. The lowest BCUT2D eigenvalue weighted by Gasteiger charge is -2.09. The third-order valence-electron chi connectivity index (χ3n) is 2.87. The molecule has 0 aliphatic carbocycles. The van der Waals surface area contributed by atoms with Crippen molar-refractivity contribution in [1.82, 2.24) is 4.98 Å². The summed E-state index contributed by atoms with van der Waals surface area (Å²) in [5.41, 5.74) is 0.889. The maximum Gasteiger partial charge on any atom is 0.373 e. The molecule has 1 aromatic heterocycles. The Morgan fingerprint density at radius 3 is 2.30 bits per heavy atom. The molecule has 6 nitrogen and oxygen atoms in total. The Kier molecular flexibility index (Phi) is 3.93. The molecular formula is C14H15NO5. The molecule has 0 saturated carbocycles. The van der Waals surface area contributed by atoms with Gasteiger partial charge in [0.2, 0.25) is 11.7 Å². The molecule has 0 fully saturated rings. The molecule has 0 spiro atoms. The quantitative estimate of drug-likeness (QED) is 0.904. The number of carboxylic acids is 1. The summed E-state index contributed by atoms with van der Waals surface area (Å²) in [7, 11) is 3.03. The predicted octanol–water partition coefficient (Wildman–Crippen LogP) is 2.62. The number of oxazole rings is 1. The smallest absolute Gasteiger partial charge is 0.373 e. The molecule has 2 aromatic rings. The Labute approximate surface area is 116 Å². The number of aromatic carboxylic acids is 1. The van der Waals surface area contributed by atoms with Crippen molar-refractivity contribution in [2.24, 2.45) is 0 Å². The number of aromatic nitrogens is 1. The number of carboxylic acid groups (broad SMARTS) is 1. The van der Waals surface area contributed by atoms with Crippen molar-refractivity contribution >= 4 is 5.97 Å². The molecule has 0 bridgehead atoms. The molecule has 0 atom stereocenters. The fourth-order valence-corrected chi connectivity index (χ4v) is 1.93. The summed E-state index contributed by atoms with van der Waals surface area (Å²) >= 11 is 0. The summed E-state index contributed by atoms with van der Waals surface area (Å²) < 4.78 is 15.9. The zero-order chi connectivity index (χ0) is 14.7. The summed E-state index contributed by atoms with van der Waals surface area (Å²) in [6, 6.07) is 5.23. The summed E-state index contributed by atoms with van der Waals surface area (Å²) in [4.78, 5) is 15.4. The van der Waals surface area contributed by atoms with Crippen LogP contribution in [0.15, 0.2) is 22.6 Å². The highest BCUT2D eigenvalue weighted by Gasteiger charge is 2.23. The van der Waals surface area contributed by atoms with Gasteiger partial charge in [-0.05, 0) is 18.6 Å². The largest absolute Gasteiger partial charge is 0.496 e. The van der Waals surface area contributed by atoms with E-state index in [-0.39, 0.29) is 11.7 Å². The number of hydrogen-bond acceptors (Lipinski definition) is 5. The van der Waals surface area contributed by atoms with Gasteiger partial charge in [-0.2, -0.15) is 0 Å². The number of methoxy groups -OCH3 is 2. The maximum atomic E-state index is 11.1. The highest BCUT2D eigenvalue weighted by atomic mass is 16.5. The zero-order valence-corrected chi connectivity index (χ0v) is 11.5. The predicted molar refractivity (Wildman–Crippen MR) is 71.4 cm³/mol. The van der Waals surface area contributed by atoms with Crippen molar-refractivity contribution in [2.75, 3.05) is 14.2 Å². The molecule has 0 saturated heterocycles. The SMILES string of the molecule is CCc1nc(-c2c(OC)cccc2OC)oc1C(=O)O. The third-order valence-corrected chi connectivity index (χ3v) is 2.87. The molecule has 2 rings (SSSR count). The lowest BCUT2D eigenvalue weighted by Crippen LogP contribution is -1.98. The topological polar surface area (TPSA) is 81.8 Å². The van der Waals surface area contributed by atoms with Gasteiger partial charge in [0.25, 0.3) is 0 Å². The second-order valence-corrected chi connectivity index (χ2v) is 3.99.